The fraction of sp³-hybridized carbons (Fsp3) is 0.118. The summed E-state index contributed by atoms with van der Waals surface area (Å²) in [6.07, 6.45) is 8.40. The summed E-state index contributed by atoms with van der Waals surface area (Å²) in [7, 11) is 1.54. The average molecular weight is 308 g/mol. The zero-order chi connectivity index (χ0) is 16.2. The number of anilines is 2. The number of rotatable bonds is 4. The van der Waals surface area contributed by atoms with E-state index in [-0.39, 0.29) is 11.5 Å². The summed E-state index contributed by atoms with van der Waals surface area (Å²) in [6.45, 7) is 0. The molecule has 1 aromatic carbocycles. The molecular weight excluding hydrogens is 292 g/mol. The van der Waals surface area contributed by atoms with Gasteiger partial charge in [-0.2, -0.15) is 0 Å². The number of nitrogens with zero attached hydrogens (tertiary/aromatic N) is 2. The molecule has 0 unspecified atom stereocenters. The Hall–Kier alpha value is -3.15. The van der Waals surface area contributed by atoms with Crippen molar-refractivity contribution in [2.75, 3.05) is 18.2 Å². The van der Waals surface area contributed by atoms with Crippen LogP contribution < -0.4 is 15.8 Å². The Morgan fingerprint density at radius 2 is 2.17 bits per heavy atom. The molecule has 0 saturated heterocycles. The van der Waals surface area contributed by atoms with Crippen molar-refractivity contribution in [3.05, 3.63) is 60.1 Å². The van der Waals surface area contributed by atoms with Gasteiger partial charge in [-0.3, -0.25) is 4.79 Å². The third-order valence-corrected chi connectivity index (χ3v) is 3.44. The predicted octanol–water partition coefficient (Wildman–Crippen LogP) is 2.66. The number of ether oxygens (including phenoxy) is 1. The SMILES string of the molecule is COc1ccccc1NC(=O)c1nc(C2=CCC=C2)cnc1N. The fourth-order valence-corrected chi connectivity index (χ4v) is 2.28. The third-order valence-electron chi connectivity index (χ3n) is 3.44. The number of allylic oxidation sites excluding steroid dienone is 4. The number of methoxy groups -OCH3 is 1. The molecule has 0 fully saturated rings. The van der Waals surface area contributed by atoms with Crippen molar-refractivity contribution in [2.24, 2.45) is 0 Å². The molecule has 0 atom stereocenters. The molecule has 0 aliphatic heterocycles. The summed E-state index contributed by atoms with van der Waals surface area (Å²) in [5.74, 6) is 0.220. The minimum atomic E-state index is -0.427. The molecule has 1 heterocycles. The van der Waals surface area contributed by atoms with E-state index in [1.165, 1.54) is 0 Å². The van der Waals surface area contributed by atoms with Crippen LogP contribution in [0.5, 0.6) is 5.75 Å². The van der Waals surface area contributed by atoms with Crippen molar-refractivity contribution in [1.82, 2.24) is 9.97 Å². The fourth-order valence-electron chi connectivity index (χ4n) is 2.28. The Morgan fingerprint density at radius 1 is 1.35 bits per heavy atom. The van der Waals surface area contributed by atoms with Gasteiger partial charge in [0.1, 0.15) is 5.75 Å². The molecule has 3 N–H and O–H groups in total. The van der Waals surface area contributed by atoms with Crippen molar-refractivity contribution in [3.8, 4) is 5.75 Å². The van der Waals surface area contributed by atoms with Gasteiger partial charge in [0, 0.05) is 0 Å². The van der Waals surface area contributed by atoms with Crippen LogP contribution in [0.15, 0.2) is 48.7 Å². The molecule has 1 aliphatic carbocycles. The molecule has 6 nitrogen and oxygen atoms in total. The van der Waals surface area contributed by atoms with Crippen LogP contribution in [0.25, 0.3) is 5.57 Å². The van der Waals surface area contributed by atoms with Gasteiger partial charge in [-0.1, -0.05) is 30.4 Å². The van der Waals surface area contributed by atoms with Crippen LogP contribution in [0, 0.1) is 0 Å². The first kappa shape index (κ1) is 14.8. The highest BCUT2D eigenvalue weighted by atomic mass is 16.5. The second-order valence-electron chi connectivity index (χ2n) is 4.94. The number of hydrogen-bond donors (Lipinski definition) is 2. The summed E-state index contributed by atoms with van der Waals surface area (Å²) >= 11 is 0. The van der Waals surface area contributed by atoms with E-state index in [9.17, 15) is 4.79 Å². The predicted molar refractivity (Wildman–Crippen MR) is 89.1 cm³/mol. The number of nitrogens with two attached hydrogens (primary N) is 1. The van der Waals surface area contributed by atoms with Gasteiger partial charge in [0.05, 0.1) is 24.7 Å². The number of nitrogen functional groups attached to an aromatic ring is 1. The molecule has 1 aliphatic rings. The van der Waals surface area contributed by atoms with E-state index in [4.69, 9.17) is 10.5 Å². The summed E-state index contributed by atoms with van der Waals surface area (Å²) in [5, 5.41) is 2.75. The molecule has 23 heavy (non-hydrogen) atoms. The van der Waals surface area contributed by atoms with Gasteiger partial charge in [-0.25, -0.2) is 9.97 Å². The van der Waals surface area contributed by atoms with E-state index in [2.05, 4.69) is 15.3 Å². The summed E-state index contributed by atoms with van der Waals surface area (Å²) < 4.78 is 5.22. The molecule has 116 valence electrons. The van der Waals surface area contributed by atoms with Crippen molar-refractivity contribution in [3.63, 3.8) is 0 Å². The zero-order valence-corrected chi connectivity index (χ0v) is 12.6. The Labute approximate surface area is 133 Å². The minimum Gasteiger partial charge on any atom is -0.495 e. The molecule has 1 amide bonds. The highest BCUT2D eigenvalue weighted by Crippen LogP contribution is 2.25. The zero-order valence-electron chi connectivity index (χ0n) is 12.6. The Bertz CT molecular complexity index is 812. The number of benzene rings is 1. The van der Waals surface area contributed by atoms with Crippen molar-refractivity contribution in [1.29, 1.82) is 0 Å². The molecule has 6 heteroatoms. The second-order valence-corrected chi connectivity index (χ2v) is 4.94. The highest BCUT2D eigenvalue weighted by molar-refractivity contribution is 6.06. The molecule has 0 radical (unpaired) electrons. The van der Waals surface area contributed by atoms with Crippen LogP contribution in [-0.4, -0.2) is 23.0 Å². The first-order valence-corrected chi connectivity index (χ1v) is 7.13. The van der Waals surface area contributed by atoms with E-state index in [1.807, 2.05) is 24.3 Å². The first-order chi connectivity index (χ1) is 11.2. The molecule has 2 aromatic rings. The van der Waals surface area contributed by atoms with Gasteiger partial charge < -0.3 is 15.8 Å². The minimum absolute atomic E-state index is 0.0868. The van der Waals surface area contributed by atoms with Crippen molar-refractivity contribution >= 4 is 23.0 Å². The van der Waals surface area contributed by atoms with Crippen LogP contribution in [0.1, 0.15) is 22.6 Å². The maximum absolute atomic E-state index is 12.5. The number of carbonyl (C=O) groups is 1. The topological polar surface area (TPSA) is 90.1 Å². The molecule has 1 aromatic heterocycles. The first-order valence-electron chi connectivity index (χ1n) is 7.13. The summed E-state index contributed by atoms with van der Waals surface area (Å²) in [4.78, 5) is 20.9. The third kappa shape index (κ3) is 3.06. The number of aromatic nitrogens is 2. The number of hydrogen-bond acceptors (Lipinski definition) is 5. The van der Waals surface area contributed by atoms with Gasteiger partial charge in [0.15, 0.2) is 11.5 Å². The van der Waals surface area contributed by atoms with E-state index >= 15 is 0 Å². The lowest BCUT2D eigenvalue weighted by molar-refractivity contribution is 0.102. The smallest absolute Gasteiger partial charge is 0.278 e. The normalized spacial score (nSPS) is 12.8. The van der Waals surface area contributed by atoms with E-state index in [0.29, 0.717) is 17.1 Å². The number of carbonyl (C=O) groups excluding carboxylic acids is 1. The maximum Gasteiger partial charge on any atom is 0.278 e. The Kier molecular flexibility index (Phi) is 4.05. The summed E-state index contributed by atoms with van der Waals surface area (Å²) in [6, 6.07) is 7.13. The lowest BCUT2D eigenvalue weighted by atomic mass is 10.2. The Balaban J connectivity index is 1.90. The van der Waals surface area contributed by atoms with Crippen LogP contribution in [0.4, 0.5) is 11.5 Å². The molecular formula is C17H16N4O2. The lowest BCUT2D eigenvalue weighted by Gasteiger charge is -2.11. The molecule has 0 spiro atoms. The van der Waals surface area contributed by atoms with Crippen molar-refractivity contribution < 1.29 is 9.53 Å². The maximum atomic E-state index is 12.5. The molecule has 0 bridgehead atoms. The standard InChI is InChI=1S/C17H16N4O2/c1-23-14-9-5-4-8-12(14)21-17(22)15-16(18)19-10-13(20-15)11-6-2-3-7-11/h2,4-10H,3H2,1H3,(H2,18,19)(H,21,22). The van der Waals surface area contributed by atoms with E-state index < -0.39 is 5.91 Å². The molecule has 0 saturated carbocycles. The molecule has 3 rings (SSSR count). The van der Waals surface area contributed by atoms with Crippen molar-refractivity contribution in [2.45, 2.75) is 6.42 Å². The van der Waals surface area contributed by atoms with Gasteiger partial charge in [-0.05, 0) is 24.1 Å². The lowest BCUT2D eigenvalue weighted by Crippen LogP contribution is -2.18. The number of amides is 1. The number of nitrogens with one attached hydrogen (secondary N) is 1. The van der Waals surface area contributed by atoms with Gasteiger partial charge in [0.2, 0.25) is 0 Å². The summed E-state index contributed by atoms with van der Waals surface area (Å²) in [5.41, 5.74) is 8.01. The quantitative estimate of drug-likeness (QED) is 0.906. The van der Waals surface area contributed by atoms with Gasteiger partial charge in [-0.15, -0.1) is 0 Å². The van der Waals surface area contributed by atoms with Crippen LogP contribution in [-0.2, 0) is 0 Å². The van der Waals surface area contributed by atoms with Crippen LogP contribution in [0.3, 0.4) is 0 Å². The van der Waals surface area contributed by atoms with Crippen LogP contribution >= 0.6 is 0 Å². The average Bonchev–Trinajstić information content (AvgIpc) is 3.10. The van der Waals surface area contributed by atoms with E-state index in [1.54, 1.807) is 31.5 Å². The van der Waals surface area contributed by atoms with Gasteiger partial charge >= 0.3 is 0 Å². The number of para-hydroxylation sites is 2. The monoisotopic (exact) mass is 308 g/mol. The van der Waals surface area contributed by atoms with E-state index in [0.717, 1.165) is 12.0 Å². The second kappa shape index (κ2) is 6.31. The highest BCUT2D eigenvalue weighted by Gasteiger charge is 2.17. The van der Waals surface area contributed by atoms with Crippen LogP contribution in [0.2, 0.25) is 0 Å². The van der Waals surface area contributed by atoms with Gasteiger partial charge in [0.25, 0.3) is 5.91 Å². The Morgan fingerprint density at radius 3 is 2.91 bits per heavy atom. The largest absolute Gasteiger partial charge is 0.495 e.